The summed E-state index contributed by atoms with van der Waals surface area (Å²) in [5, 5.41) is 6.31. The minimum atomic E-state index is -0.607. The fraction of sp³-hybridized carbons (Fsp3) is 0.281. The largest absolute Gasteiger partial charge is 0.453 e. The number of aromatic nitrogens is 3. The van der Waals surface area contributed by atoms with E-state index in [1.807, 2.05) is 50.2 Å². The number of methoxy groups -OCH3 is 1. The lowest BCUT2D eigenvalue weighted by molar-refractivity contribution is -0.119. The average Bonchev–Trinajstić information content (AvgIpc) is 2.99. The van der Waals surface area contributed by atoms with Crippen LogP contribution in [0.15, 0.2) is 71.9 Å². The van der Waals surface area contributed by atoms with Gasteiger partial charge in [-0.15, -0.1) is 0 Å². The third-order valence-electron chi connectivity index (χ3n) is 7.67. The van der Waals surface area contributed by atoms with Gasteiger partial charge in [0.25, 0.3) is 5.56 Å². The Bertz CT molecular complexity index is 1700. The van der Waals surface area contributed by atoms with Crippen LogP contribution in [0, 0.1) is 12.8 Å². The van der Waals surface area contributed by atoms with Crippen LogP contribution < -0.4 is 16.2 Å². The molecule has 2 atom stereocenters. The highest BCUT2D eigenvalue weighted by molar-refractivity contribution is 6.31. The predicted octanol–water partition coefficient (Wildman–Crippen LogP) is 6.85. The van der Waals surface area contributed by atoms with Gasteiger partial charge in [0, 0.05) is 40.0 Å². The SMILES string of the molecule is COC(=O)Nc1ccc2c(c1)NC(=O)[C@H](C)CCCC[C@H](n1cnc(-c3cccc(Cl)c3C)cc1=O)c1cc-2ccn1. The zero-order chi connectivity index (χ0) is 29.8. The number of anilines is 2. The lowest BCUT2D eigenvalue weighted by Crippen LogP contribution is -2.26. The van der Waals surface area contributed by atoms with Gasteiger partial charge in [0.2, 0.25) is 5.91 Å². The van der Waals surface area contributed by atoms with Crippen molar-refractivity contribution >= 4 is 35.0 Å². The van der Waals surface area contributed by atoms with Crippen molar-refractivity contribution in [3.8, 4) is 22.4 Å². The first-order valence-electron chi connectivity index (χ1n) is 13.8. The van der Waals surface area contributed by atoms with Crippen LogP contribution in [0.25, 0.3) is 22.4 Å². The summed E-state index contributed by atoms with van der Waals surface area (Å²) in [5.41, 5.74) is 5.35. The van der Waals surface area contributed by atoms with Gasteiger partial charge < -0.3 is 10.1 Å². The number of carbonyl (C=O) groups excluding carboxylic acids is 2. The molecule has 5 rings (SSSR count). The molecule has 1 aliphatic heterocycles. The standard InChI is InChI=1S/C32H32ClN5O4/c1-19-7-4-5-10-29(38-18-35-26(17-30(38)39)23-8-6-9-25(33)20(23)2)28-15-21(13-14-34-28)24-12-11-22(36-32(41)42-3)16-27(24)37-31(19)40/h6,8-9,11-19,29H,4-5,7,10H2,1-3H3,(H,36,41)(H,37,40)/t19-,29+/m1/s1. The van der Waals surface area contributed by atoms with Gasteiger partial charge >= 0.3 is 6.09 Å². The Morgan fingerprint density at radius 2 is 1.86 bits per heavy atom. The minimum absolute atomic E-state index is 0.108. The molecule has 0 spiro atoms. The molecule has 2 aromatic carbocycles. The molecule has 0 aliphatic carbocycles. The summed E-state index contributed by atoms with van der Waals surface area (Å²) >= 11 is 6.32. The highest BCUT2D eigenvalue weighted by atomic mass is 35.5. The number of benzene rings is 2. The molecule has 10 heteroatoms. The molecule has 1 aliphatic rings. The maximum absolute atomic E-state index is 13.5. The van der Waals surface area contributed by atoms with Crippen LogP contribution in [-0.4, -0.2) is 33.6 Å². The number of hydrogen-bond acceptors (Lipinski definition) is 6. The van der Waals surface area contributed by atoms with E-state index in [1.165, 1.54) is 7.11 Å². The van der Waals surface area contributed by atoms with Crippen molar-refractivity contribution in [2.24, 2.45) is 5.92 Å². The molecule has 3 heterocycles. The van der Waals surface area contributed by atoms with Gasteiger partial charge in [-0.2, -0.15) is 0 Å². The van der Waals surface area contributed by atoms with E-state index in [-0.39, 0.29) is 23.4 Å². The number of fused-ring (bicyclic) bond motifs is 4. The second kappa shape index (κ2) is 12.6. The first-order chi connectivity index (χ1) is 20.2. The number of halogens is 1. The highest BCUT2D eigenvalue weighted by Gasteiger charge is 2.22. The van der Waals surface area contributed by atoms with Gasteiger partial charge in [-0.1, -0.05) is 49.6 Å². The van der Waals surface area contributed by atoms with Gasteiger partial charge in [-0.05, 0) is 61.2 Å². The second-order valence-electron chi connectivity index (χ2n) is 10.5. The molecule has 0 radical (unpaired) electrons. The Labute approximate surface area is 248 Å². The number of nitrogens with zero attached hydrogens (tertiary/aromatic N) is 3. The Morgan fingerprint density at radius 3 is 2.64 bits per heavy atom. The smallest absolute Gasteiger partial charge is 0.411 e. The fourth-order valence-electron chi connectivity index (χ4n) is 5.23. The first kappa shape index (κ1) is 29.0. The first-order valence-corrected chi connectivity index (χ1v) is 14.2. The number of hydrogen-bond donors (Lipinski definition) is 2. The van der Waals surface area contributed by atoms with Crippen LogP contribution in [0.5, 0.6) is 0 Å². The van der Waals surface area contributed by atoms with Crippen molar-refractivity contribution in [2.45, 2.75) is 45.6 Å². The Kier molecular flexibility index (Phi) is 8.68. The molecule has 2 amide bonds. The van der Waals surface area contributed by atoms with Gasteiger partial charge in [0.1, 0.15) is 0 Å². The Balaban J connectivity index is 1.58. The highest BCUT2D eigenvalue weighted by Crippen LogP contribution is 2.34. The molecule has 42 heavy (non-hydrogen) atoms. The van der Waals surface area contributed by atoms with Gasteiger partial charge in [-0.25, -0.2) is 9.78 Å². The quantitative estimate of drug-likeness (QED) is 0.272. The third kappa shape index (κ3) is 6.21. The molecule has 4 aromatic rings. The van der Waals surface area contributed by atoms with E-state index in [9.17, 15) is 14.4 Å². The monoisotopic (exact) mass is 585 g/mol. The minimum Gasteiger partial charge on any atom is -0.453 e. The molecule has 2 N–H and O–H groups in total. The molecular formula is C32H32ClN5O4. The van der Waals surface area contributed by atoms with E-state index in [4.69, 9.17) is 16.3 Å². The summed E-state index contributed by atoms with van der Waals surface area (Å²) in [6.07, 6.45) is 5.59. The molecule has 2 bridgehead atoms. The van der Waals surface area contributed by atoms with E-state index in [1.54, 1.807) is 35.3 Å². The van der Waals surface area contributed by atoms with Crippen molar-refractivity contribution in [1.82, 2.24) is 14.5 Å². The number of ether oxygens (including phenoxy) is 1. The van der Waals surface area contributed by atoms with Gasteiger partial charge in [-0.3, -0.25) is 24.5 Å². The van der Waals surface area contributed by atoms with Crippen LogP contribution in [0.4, 0.5) is 16.2 Å². The van der Waals surface area contributed by atoms with Crippen molar-refractivity contribution in [3.05, 3.63) is 93.8 Å². The summed E-state index contributed by atoms with van der Waals surface area (Å²) in [6.45, 7) is 3.80. The summed E-state index contributed by atoms with van der Waals surface area (Å²) in [4.78, 5) is 47.8. The van der Waals surface area contributed by atoms with E-state index in [0.29, 0.717) is 40.6 Å². The molecule has 0 saturated carbocycles. The Morgan fingerprint density at radius 1 is 1.05 bits per heavy atom. The number of rotatable bonds is 3. The van der Waals surface area contributed by atoms with Crippen LogP contribution in [0.2, 0.25) is 5.02 Å². The van der Waals surface area contributed by atoms with Crippen LogP contribution in [0.3, 0.4) is 0 Å². The topological polar surface area (TPSA) is 115 Å². The van der Waals surface area contributed by atoms with Gasteiger partial charge in [0.15, 0.2) is 0 Å². The van der Waals surface area contributed by atoms with Crippen molar-refractivity contribution in [3.63, 3.8) is 0 Å². The van der Waals surface area contributed by atoms with Crippen molar-refractivity contribution < 1.29 is 14.3 Å². The molecule has 216 valence electrons. The predicted molar refractivity (Wildman–Crippen MR) is 164 cm³/mol. The summed E-state index contributed by atoms with van der Waals surface area (Å²) in [5.74, 6) is -0.344. The fourth-order valence-corrected chi connectivity index (χ4v) is 5.40. The van der Waals surface area contributed by atoms with Crippen LogP contribution in [-0.2, 0) is 9.53 Å². The molecular weight excluding hydrogens is 554 g/mol. The number of carbonyl (C=O) groups is 2. The second-order valence-corrected chi connectivity index (χ2v) is 10.9. The molecule has 0 saturated heterocycles. The normalized spacial score (nSPS) is 17.1. The summed E-state index contributed by atoms with van der Waals surface area (Å²) in [7, 11) is 1.29. The lowest BCUT2D eigenvalue weighted by Gasteiger charge is -2.20. The van der Waals surface area contributed by atoms with Crippen LogP contribution in [0.1, 0.15) is 49.9 Å². The summed E-state index contributed by atoms with van der Waals surface area (Å²) in [6, 6.07) is 15.8. The van der Waals surface area contributed by atoms with E-state index in [2.05, 4.69) is 20.6 Å². The number of amides is 2. The maximum atomic E-state index is 13.5. The van der Waals surface area contributed by atoms with Crippen LogP contribution >= 0.6 is 11.6 Å². The molecule has 0 unspecified atom stereocenters. The molecule has 2 aromatic heterocycles. The van der Waals surface area contributed by atoms with Crippen molar-refractivity contribution in [1.29, 1.82) is 0 Å². The van der Waals surface area contributed by atoms with Crippen molar-refractivity contribution in [2.75, 3.05) is 17.7 Å². The van der Waals surface area contributed by atoms with E-state index < -0.39 is 6.09 Å². The summed E-state index contributed by atoms with van der Waals surface area (Å²) < 4.78 is 6.35. The third-order valence-corrected chi connectivity index (χ3v) is 8.08. The zero-order valence-electron chi connectivity index (χ0n) is 23.7. The number of nitrogens with one attached hydrogen (secondary N) is 2. The molecule has 9 nitrogen and oxygen atoms in total. The Hall–Kier alpha value is -4.50. The average molecular weight is 586 g/mol. The lowest BCUT2D eigenvalue weighted by atomic mass is 9.98. The molecule has 0 fully saturated rings. The van der Waals surface area contributed by atoms with Gasteiger partial charge in [0.05, 0.1) is 36.6 Å². The maximum Gasteiger partial charge on any atom is 0.411 e. The number of pyridine rings is 1. The van der Waals surface area contributed by atoms with E-state index in [0.717, 1.165) is 35.1 Å². The van der Waals surface area contributed by atoms with E-state index >= 15 is 0 Å². The zero-order valence-corrected chi connectivity index (χ0v) is 24.4.